The molecule has 1 saturated carbocycles. The molecule has 182 valence electrons. The highest BCUT2D eigenvalue weighted by atomic mass is 16.7. The molecular weight excluding hydrogens is 440 g/mol. The van der Waals surface area contributed by atoms with E-state index in [1.165, 1.54) is 0 Å². The van der Waals surface area contributed by atoms with Gasteiger partial charge in [-0.25, -0.2) is 0 Å². The predicted molar refractivity (Wildman–Crippen MR) is 138 cm³/mol. The normalized spacial score (nSPS) is 14.9. The van der Waals surface area contributed by atoms with Crippen LogP contribution in [0.25, 0.3) is 11.1 Å². The predicted octanol–water partition coefficient (Wildman–Crippen LogP) is 5.79. The van der Waals surface area contributed by atoms with Crippen LogP contribution >= 0.6 is 0 Å². The van der Waals surface area contributed by atoms with Crippen LogP contribution in [-0.4, -0.2) is 36.6 Å². The summed E-state index contributed by atoms with van der Waals surface area (Å²) in [4.78, 5) is 27.8. The van der Waals surface area contributed by atoms with Crippen molar-refractivity contribution in [2.24, 2.45) is 0 Å². The number of fused-ring (bicyclic) bond motifs is 1. The highest BCUT2D eigenvalue weighted by Gasteiger charge is 2.51. The van der Waals surface area contributed by atoms with Crippen LogP contribution < -0.4 is 14.8 Å². The van der Waals surface area contributed by atoms with Gasteiger partial charge in [-0.15, -0.1) is 0 Å². The van der Waals surface area contributed by atoms with Gasteiger partial charge in [0, 0.05) is 25.8 Å². The standard InChI is InChI=1S/C29H30N2O4.H2/c1-4-31(5-2)27(32)21-9-7-20(8-10-21)24-17-23(12-6-19(24)3)30-28(33)29(14-15-29)22-11-13-25-26(16-22)35-18-34-25;/h6-13,16-17H,4-5,14-15,18H2,1-3H3,(H,30,33);1H. The first-order valence-electron chi connectivity index (χ1n) is 12.2. The summed E-state index contributed by atoms with van der Waals surface area (Å²) >= 11 is 0. The van der Waals surface area contributed by atoms with Crippen molar-refractivity contribution >= 4 is 17.5 Å². The van der Waals surface area contributed by atoms with Gasteiger partial charge in [0.1, 0.15) is 0 Å². The van der Waals surface area contributed by atoms with E-state index in [-0.39, 0.29) is 20.0 Å². The van der Waals surface area contributed by atoms with Crippen LogP contribution in [0.1, 0.15) is 49.6 Å². The number of benzene rings is 3. The Labute approximate surface area is 207 Å². The van der Waals surface area contributed by atoms with E-state index in [9.17, 15) is 9.59 Å². The number of rotatable bonds is 7. The summed E-state index contributed by atoms with van der Waals surface area (Å²) in [6.45, 7) is 7.60. The average molecular weight is 473 g/mol. The zero-order valence-corrected chi connectivity index (χ0v) is 20.4. The molecule has 6 nitrogen and oxygen atoms in total. The molecule has 1 fully saturated rings. The monoisotopic (exact) mass is 472 g/mol. The second-order valence-corrected chi connectivity index (χ2v) is 9.19. The van der Waals surface area contributed by atoms with Gasteiger partial charge in [-0.2, -0.15) is 0 Å². The van der Waals surface area contributed by atoms with Gasteiger partial charge >= 0.3 is 0 Å². The van der Waals surface area contributed by atoms with E-state index >= 15 is 0 Å². The zero-order chi connectivity index (χ0) is 24.6. The number of amides is 2. The molecule has 1 heterocycles. The Morgan fingerprint density at radius 2 is 1.66 bits per heavy atom. The minimum Gasteiger partial charge on any atom is -0.454 e. The van der Waals surface area contributed by atoms with Crippen molar-refractivity contribution in [3.05, 3.63) is 77.4 Å². The quantitative estimate of drug-likeness (QED) is 0.473. The number of carbonyl (C=O) groups is 2. The third-order valence-electron chi connectivity index (χ3n) is 7.10. The topological polar surface area (TPSA) is 67.9 Å². The average Bonchev–Trinajstić information content (AvgIpc) is 3.56. The largest absolute Gasteiger partial charge is 0.454 e. The van der Waals surface area contributed by atoms with E-state index in [0.29, 0.717) is 24.4 Å². The second kappa shape index (κ2) is 9.10. The fraction of sp³-hybridized carbons (Fsp3) is 0.310. The van der Waals surface area contributed by atoms with Gasteiger partial charge in [0.25, 0.3) is 5.91 Å². The third-order valence-corrected chi connectivity index (χ3v) is 7.10. The molecule has 1 aliphatic carbocycles. The molecule has 0 radical (unpaired) electrons. The van der Waals surface area contributed by atoms with Gasteiger partial charge in [-0.1, -0.05) is 24.3 Å². The van der Waals surface area contributed by atoms with Gasteiger partial charge in [0.05, 0.1) is 5.41 Å². The van der Waals surface area contributed by atoms with E-state index in [4.69, 9.17) is 9.47 Å². The van der Waals surface area contributed by atoms with Crippen LogP contribution in [0.5, 0.6) is 11.5 Å². The number of aryl methyl sites for hydroxylation is 1. The number of nitrogens with zero attached hydrogens (tertiary/aromatic N) is 1. The molecule has 3 aromatic carbocycles. The first kappa shape index (κ1) is 23.0. The Morgan fingerprint density at radius 1 is 0.943 bits per heavy atom. The molecule has 35 heavy (non-hydrogen) atoms. The SMILES string of the molecule is CCN(CC)C(=O)c1ccc(-c2cc(NC(=O)C3(c4ccc5c(c4)OCO5)CC3)ccc2C)cc1.[HH]. The van der Waals surface area contributed by atoms with Crippen molar-refractivity contribution in [1.82, 2.24) is 4.90 Å². The molecule has 0 atom stereocenters. The first-order valence-corrected chi connectivity index (χ1v) is 12.2. The van der Waals surface area contributed by atoms with Crippen LogP contribution in [0.3, 0.4) is 0 Å². The molecule has 1 N–H and O–H groups in total. The first-order chi connectivity index (χ1) is 16.9. The van der Waals surface area contributed by atoms with Crippen molar-refractivity contribution in [2.75, 3.05) is 25.2 Å². The molecule has 5 rings (SSSR count). The molecule has 6 heteroatoms. The summed E-state index contributed by atoms with van der Waals surface area (Å²) in [5.74, 6) is 1.45. The summed E-state index contributed by atoms with van der Waals surface area (Å²) in [6.07, 6.45) is 1.61. The van der Waals surface area contributed by atoms with Gasteiger partial charge < -0.3 is 19.7 Å². The lowest BCUT2D eigenvalue weighted by Gasteiger charge is -2.19. The number of ether oxygens (including phenoxy) is 2. The smallest absolute Gasteiger partial charge is 0.253 e. The maximum Gasteiger partial charge on any atom is 0.253 e. The van der Waals surface area contributed by atoms with Crippen molar-refractivity contribution in [3.8, 4) is 22.6 Å². The van der Waals surface area contributed by atoms with E-state index in [1.54, 1.807) is 0 Å². The van der Waals surface area contributed by atoms with Crippen LogP contribution in [0, 0.1) is 6.92 Å². The van der Waals surface area contributed by atoms with Crippen molar-refractivity contribution < 1.29 is 20.5 Å². The molecule has 0 saturated heterocycles. The zero-order valence-electron chi connectivity index (χ0n) is 20.4. The summed E-state index contributed by atoms with van der Waals surface area (Å²) in [5, 5.41) is 3.14. The lowest BCUT2D eigenvalue weighted by Crippen LogP contribution is -2.30. The van der Waals surface area contributed by atoms with E-state index in [2.05, 4.69) is 5.32 Å². The molecule has 2 amide bonds. The minimum atomic E-state index is -0.529. The maximum absolute atomic E-state index is 13.3. The number of hydrogen-bond donors (Lipinski definition) is 1. The summed E-state index contributed by atoms with van der Waals surface area (Å²) in [7, 11) is 0. The maximum atomic E-state index is 13.3. The van der Waals surface area contributed by atoms with Gasteiger partial charge in [-0.3, -0.25) is 9.59 Å². The van der Waals surface area contributed by atoms with Crippen molar-refractivity contribution in [1.29, 1.82) is 0 Å². The Kier molecular flexibility index (Phi) is 5.97. The highest BCUT2D eigenvalue weighted by Crippen LogP contribution is 2.51. The summed E-state index contributed by atoms with van der Waals surface area (Å²) < 4.78 is 10.9. The Hall–Kier alpha value is -3.80. The number of carbonyl (C=O) groups excluding carboxylic acids is 2. The molecular formula is C29H32N2O4. The molecule has 2 aliphatic rings. The number of hydrogen-bond acceptors (Lipinski definition) is 4. The molecule has 0 bridgehead atoms. The molecule has 1 aliphatic heterocycles. The molecule has 0 spiro atoms. The highest BCUT2D eigenvalue weighted by molar-refractivity contribution is 6.02. The fourth-order valence-corrected chi connectivity index (χ4v) is 4.71. The molecule has 0 aromatic heterocycles. The Morgan fingerprint density at radius 3 is 2.34 bits per heavy atom. The minimum absolute atomic E-state index is 0. The van der Waals surface area contributed by atoms with Crippen LogP contribution in [0.4, 0.5) is 5.69 Å². The van der Waals surface area contributed by atoms with Gasteiger partial charge in [0.2, 0.25) is 12.7 Å². The van der Waals surface area contributed by atoms with Crippen molar-refractivity contribution in [3.63, 3.8) is 0 Å². The Bertz CT molecular complexity index is 1280. The van der Waals surface area contributed by atoms with Gasteiger partial charge in [-0.05, 0) is 92.3 Å². The van der Waals surface area contributed by atoms with Crippen LogP contribution in [0.2, 0.25) is 0 Å². The lowest BCUT2D eigenvalue weighted by molar-refractivity contribution is -0.118. The summed E-state index contributed by atoms with van der Waals surface area (Å²) in [5.41, 5.74) is 5.00. The van der Waals surface area contributed by atoms with Crippen LogP contribution in [0.15, 0.2) is 60.7 Å². The fourth-order valence-electron chi connectivity index (χ4n) is 4.71. The van der Waals surface area contributed by atoms with E-state index in [1.807, 2.05) is 86.3 Å². The van der Waals surface area contributed by atoms with Gasteiger partial charge in [0.15, 0.2) is 11.5 Å². The molecule has 0 unspecified atom stereocenters. The third kappa shape index (κ3) is 4.25. The van der Waals surface area contributed by atoms with E-state index in [0.717, 1.165) is 46.5 Å². The second-order valence-electron chi connectivity index (χ2n) is 9.19. The Balaban J connectivity index is 0.00000304. The molecule has 3 aromatic rings. The lowest BCUT2D eigenvalue weighted by atomic mass is 9.94. The summed E-state index contributed by atoms with van der Waals surface area (Å²) in [6, 6.07) is 19.4. The van der Waals surface area contributed by atoms with E-state index < -0.39 is 5.41 Å². The van der Waals surface area contributed by atoms with Crippen LogP contribution in [-0.2, 0) is 10.2 Å². The van der Waals surface area contributed by atoms with Crippen molar-refractivity contribution in [2.45, 2.75) is 39.0 Å². The number of anilines is 1. The number of nitrogens with one attached hydrogen (secondary N) is 1.